The molecule has 0 aromatic carbocycles. The van der Waals surface area contributed by atoms with Gasteiger partial charge in [0.05, 0.1) is 12.6 Å². The Balaban J connectivity index is 2.63. The van der Waals surface area contributed by atoms with Crippen molar-refractivity contribution in [2.24, 2.45) is 0 Å². The molecular formula is C12H23N3O3. The van der Waals surface area contributed by atoms with Gasteiger partial charge in [0.25, 0.3) is 0 Å². The largest absolute Gasteiger partial charge is 0.395 e. The van der Waals surface area contributed by atoms with Crippen LogP contribution in [0.4, 0.5) is 4.79 Å². The number of imide groups is 1. The molecule has 0 saturated carbocycles. The van der Waals surface area contributed by atoms with Gasteiger partial charge in [-0.3, -0.25) is 15.0 Å². The number of aliphatic hydroxyl groups excluding tert-OH is 1. The zero-order valence-corrected chi connectivity index (χ0v) is 11.1. The monoisotopic (exact) mass is 257 g/mol. The molecule has 18 heavy (non-hydrogen) atoms. The first-order valence-electron chi connectivity index (χ1n) is 6.49. The lowest BCUT2D eigenvalue weighted by molar-refractivity contribution is -0.126. The first kappa shape index (κ1) is 14.9. The van der Waals surface area contributed by atoms with E-state index in [0.29, 0.717) is 0 Å². The average molecular weight is 257 g/mol. The summed E-state index contributed by atoms with van der Waals surface area (Å²) in [6, 6.07) is -0.891. The van der Waals surface area contributed by atoms with Crippen molar-refractivity contribution in [1.29, 1.82) is 0 Å². The van der Waals surface area contributed by atoms with Gasteiger partial charge in [-0.2, -0.15) is 0 Å². The maximum Gasteiger partial charge on any atom is 0.321 e. The number of amides is 3. The number of urea groups is 1. The summed E-state index contributed by atoms with van der Waals surface area (Å²) in [6.07, 6.45) is 4.12. The molecule has 0 radical (unpaired) electrons. The number of rotatable bonds is 3. The summed E-state index contributed by atoms with van der Waals surface area (Å²) >= 11 is 0. The minimum absolute atomic E-state index is 0.0120. The number of nitrogens with one attached hydrogen (secondary N) is 2. The molecule has 1 rings (SSSR count). The summed E-state index contributed by atoms with van der Waals surface area (Å²) in [5, 5.41) is 14.0. The van der Waals surface area contributed by atoms with E-state index in [4.69, 9.17) is 0 Å². The van der Waals surface area contributed by atoms with Crippen LogP contribution in [0.1, 0.15) is 32.6 Å². The van der Waals surface area contributed by atoms with Gasteiger partial charge in [-0.1, -0.05) is 12.8 Å². The van der Waals surface area contributed by atoms with Crippen molar-refractivity contribution in [3.05, 3.63) is 0 Å². The molecule has 6 nitrogen and oxygen atoms in total. The first-order chi connectivity index (χ1) is 8.60. The summed E-state index contributed by atoms with van der Waals surface area (Å²) in [5.41, 5.74) is 0. The van der Waals surface area contributed by atoms with Crippen molar-refractivity contribution in [2.45, 2.75) is 44.7 Å². The van der Waals surface area contributed by atoms with Gasteiger partial charge in [0, 0.05) is 13.1 Å². The highest BCUT2D eigenvalue weighted by Crippen LogP contribution is 2.18. The molecule has 0 aromatic heterocycles. The number of nitrogens with zero attached hydrogens (tertiary/aromatic N) is 1. The van der Waals surface area contributed by atoms with Crippen molar-refractivity contribution >= 4 is 11.9 Å². The lowest BCUT2D eigenvalue weighted by Crippen LogP contribution is -2.53. The lowest BCUT2D eigenvalue weighted by atomic mass is 10.1. The molecule has 1 aliphatic rings. The fraction of sp³-hybridized carbons (Fsp3) is 0.833. The van der Waals surface area contributed by atoms with E-state index < -0.39 is 12.1 Å². The molecule has 0 aromatic rings. The fourth-order valence-corrected chi connectivity index (χ4v) is 2.34. The summed E-state index contributed by atoms with van der Waals surface area (Å²) in [6.45, 7) is 2.61. The van der Waals surface area contributed by atoms with Crippen LogP contribution in [0.2, 0.25) is 0 Å². The maximum atomic E-state index is 11.9. The Labute approximate surface area is 108 Å². The molecule has 1 aliphatic heterocycles. The van der Waals surface area contributed by atoms with Crippen LogP contribution in [0, 0.1) is 0 Å². The second-order valence-corrected chi connectivity index (χ2v) is 4.67. The van der Waals surface area contributed by atoms with Crippen molar-refractivity contribution < 1.29 is 14.7 Å². The zero-order valence-electron chi connectivity index (χ0n) is 11.1. The summed E-state index contributed by atoms with van der Waals surface area (Å²) in [5.74, 6) is -0.324. The fourth-order valence-electron chi connectivity index (χ4n) is 2.34. The number of carbonyl (C=O) groups excluding carboxylic acids is 2. The van der Waals surface area contributed by atoms with Gasteiger partial charge in [0.2, 0.25) is 5.91 Å². The molecule has 0 aliphatic carbocycles. The Hall–Kier alpha value is -1.14. The Morgan fingerprint density at radius 2 is 2.11 bits per heavy atom. The molecule has 3 amide bonds. The molecule has 104 valence electrons. The second kappa shape index (κ2) is 7.33. The Bertz CT molecular complexity index is 296. The third-order valence-electron chi connectivity index (χ3n) is 3.47. The number of hydrogen-bond donors (Lipinski definition) is 3. The highest BCUT2D eigenvalue weighted by molar-refractivity contribution is 5.96. The van der Waals surface area contributed by atoms with Gasteiger partial charge in [0.1, 0.15) is 0 Å². The van der Waals surface area contributed by atoms with Gasteiger partial charge in [0.15, 0.2) is 0 Å². The van der Waals surface area contributed by atoms with E-state index in [9.17, 15) is 14.7 Å². The van der Waals surface area contributed by atoms with E-state index in [2.05, 4.69) is 10.6 Å². The third-order valence-corrected chi connectivity index (χ3v) is 3.47. The van der Waals surface area contributed by atoms with Crippen LogP contribution in [-0.2, 0) is 4.79 Å². The van der Waals surface area contributed by atoms with Crippen LogP contribution in [0.25, 0.3) is 0 Å². The Morgan fingerprint density at radius 1 is 1.39 bits per heavy atom. The minimum atomic E-state index is -0.498. The lowest BCUT2D eigenvalue weighted by Gasteiger charge is -2.33. The van der Waals surface area contributed by atoms with Crippen molar-refractivity contribution in [3.8, 4) is 0 Å². The minimum Gasteiger partial charge on any atom is -0.395 e. The smallest absolute Gasteiger partial charge is 0.321 e. The van der Waals surface area contributed by atoms with E-state index in [-0.39, 0.29) is 18.6 Å². The summed E-state index contributed by atoms with van der Waals surface area (Å²) in [4.78, 5) is 25.0. The molecule has 3 N–H and O–H groups in total. The normalized spacial score (nSPS) is 22.9. The van der Waals surface area contributed by atoms with Crippen molar-refractivity contribution in [1.82, 2.24) is 15.5 Å². The van der Waals surface area contributed by atoms with Crippen LogP contribution in [0.15, 0.2) is 0 Å². The second-order valence-electron chi connectivity index (χ2n) is 4.67. The van der Waals surface area contributed by atoms with Crippen LogP contribution in [0.3, 0.4) is 0 Å². The quantitative estimate of drug-likeness (QED) is 0.668. The van der Waals surface area contributed by atoms with Gasteiger partial charge < -0.3 is 10.4 Å². The summed E-state index contributed by atoms with van der Waals surface area (Å²) in [7, 11) is 1.47. The molecule has 2 unspecified atom stereocenters. The Morgan fingerprint density at radius 3 is 2.72 bits per heavy atom. The van der Waals surface area contributed by atoms with Crippen LogP contribution in [0.5, 0.6) is 0 Å². The van der Waals surface area contributed by atoms with E-state index in [1.807, 2.05) is 4.90 Å². The molecule has 0 spiro atoms. The van der Waals surface area contributed by atoms with E-state index in [1.54, 1.807) is 6.92 Å². The van der Waals surface area contributed by atoms with E-state index in [0.717, 1.165) is 32.2 Å². The predicted molar refractivity (Wildman–Crippen MR) is 68.1 cm³/mol. The average Bonchev–Trinajstić information content (AvgIpc) is 2.62. The van der Waals surface area contributed by atoms with Gasteiger partial charge in [-0.05, 0) is 26.3 Å². The molecule has 0 bridgehead atoms. The van der Waals surface area contributed by atoms with Gasteiger partial charge in [-0.15, -0.1) is 0 Å². The van der Waals surface area contributed by atoms with Crippen LogP contribution in [-0.4, -0.2) is 54.2 Å². The third kappa shape index (κ3) is 3.96. The molecule has 1 saturated heterocycles. The van der Waals surface area contributed by atoms with Gasteiger partial charge in [-0.25, -0.2) is 4.79 Å². The van der Waals surface area contributed by atoms with E-state index in [1.165, 1.54) is 7.05 Å². The molecule has 2 atom stereocenters. The predicted octanol–water partition coefficient (Wildman–Crippen LogP) is 0.0674. The van der Waals surface area contributed by atoms with E-state index >= 15 is 0 Å². The molecule has 6 heteroatoms. The summed E-state index contributed by atoms with van der Waals surface area (Å²) < 4.78 is 0. The number of hydrogen-bond acceptors (Lipinski definition) is 4. The van der Waals surface area contributed by atoms with Gasteiger partial charge >= 0.3 is 6.03 Å². The highest BCUT2D eigenvalue weighted by Gasteiger charge is 2.29. The maximum absolute atomic E-state index is 11.9. The molecule has 1 fully saturated rings. The molecular weight excluding hydrogens is 234 g/mol. The van der Waals surface area contributed by atoms with Crippen LogP contribution < -0.4 is 10.6 Å². The topological polar surface area (TPSA) is 81.7 Å². The standard InChI is InChI=1S/C12H23N3O3/c1-9(11(17)14-12(18)13-2)15-7-5-3-4-6-10(15)8-16/h9-10,16H,3-8H2,1-2H3,(H2,13,14,17,18). The van der Waals surface area contributed by atoms with Crippen molar-refractivity contribution in [3.63, 3.8) is 0 Å². The number of carbonyl (C=O) groups is 2. The highest BCUT2D eigenvalue weighted by atomic mass is 16.3. The van der Waals surface area contributed by atoms with Crippen LogP contribution >= 0.6 is 0 Å². The SMILES string of the molecule is CNC(=O)NC(=O)C(C)N1CCCCCC1CO. The Kier molecular flexibility index (Phi) is 6.07. The number of likely N-dealkylation sites (tertiary alicyclic amines) is 1. The molecule has 1 heterocycles. The first-order valence-corrected chi connectivity index (χ1v) is 6.49. The number of aliphatic hydroxyl groups is 1. The van der Waals surface area contributed by atoms with Crippen molar-refractivity contribution in [2.75, 3.05) is 20.2 Å². The zero-order chi connectivity index (χ0) is 13.5.